The van der Waals surface area contributed by atoms with Gasteiger partial charge in [-0.3, -0.25) is 0 Å². The average molecular weight is 657 g/mol. The first-order chi connectivity index (χ1) is 23.3. The Hall–Kier alpha value is -1.64. The SMILES string of the molecule is C=Cc1cc(OCCCCCCCCCCCC)c(OCCCCCCCCCCCC)c(OCCCCCCCCCCCC)c1. The molecule has 0 amide bonds. The van der Waals surface area contributed by atoms with E-state index >= 15 is 0 Å². The van der Waals surface area contributed by atoms with Gasteiger partial charge in [-0.05, 0) is 37.0 Å². The fourth-order valence-electron chi connectivity index (χ4n) is 6.38. The summed E-state index contributed by atoms with van der Waals surface area (Å²) < 4.78 is 19.2. The lowest BCUT2D eigenvalue weighted by Crippen LogP contribution is -2.06. The molecule has 0 N–H and O–H groups in total. The molecule has 1 aromatic carbocycles. The van der Waals surface area contributed by atoms with Crippen LogP contribution in [0.2, 0.25) is 0 Å². The van der Waals surface area contributed by atoms with Crippen molar-refractivity contribution in [2.24, 2.45) is 0 Å². The minimum atomic E-state index is 0.715. The molecule has 0 aliphatic carbocycles. The number of ether oxygens (including phenoxy) is 3. The molecule has 3 heteroatoms. The molecule has 0 aliphatic rings. The van der Waals surface area contributed by atoms with Crippen LogP contribution in [0.1, 0.15) is 219 Å². The van der Waals surface area contributed by atoms with Gasteiger partial charge in [0.1, 0.15) is 0 Å². The van der Waals surface area contributed by atoms with E-state index in [2.05, 4.69) is 39.5 Å². The van der Waals surface area contributed by atoms with Crippen molar-refractivity contribution in [1.29, 1.82) is 0 Å². The van der Waals surface area contributed by atoms with E-state index in [0.717, 1.165) is 55.3 Å². The van der Waals surface area contributed by atoms with Gasteiger partial charge in [0, 0.05) is 0 Å². The van der Waals surface area contributed by atoms with E-state index in [1.807, 2.05) is 6.08 Å². The van der Waals surface area contributed by atoms with Gasteiger partial charge in [0.25, 0.3) is 0 Å². The Morgan fingerprint density at radius 3 is 0.915 bits per heavy atom. The van der Waals surface area contributed by atoms with Crippen molar-refractivity contribution >= 4 is 6.08 Å². The Bertz CT molecular complexity index is 756. The first-order valence-electron chi connectivity index (χ1n) is 21.0. The molecule has 0 atom stereocenters. The molecule has 0 saturated carbocycles. The largest absolute Gasteiger partial charge is 0.490 e. The Morgan fingerprint density at radius 2 is 0.638 bits per heavy atom. The maximum Gasteiger partial charge on any atom is 0.203 e. The van der Waals surface area contributed by atoms with Crippen molar-refractivity contribution in [2.45, 2.75) is 213 Å². The normalized spacial score (nSPS) is 11.2. The Morgan fingerprint density at radius 1 is 0.383 bits per heavy atom. The van der Waals surface area contributed by atoms with Crippen LogP contribution in [-0.4, -0.2) is 19.8 Å². The van der Waals surface area contributed by atoms with E-state index in [-0.39, 0.29) is 0 Å². The van der Waals surface area contributed by atoms with Crippen molar-refractivity contribution < 1.29 is 14.2 Å². The van der Waals surface area contributed by atoms with Crippen molar-refractivity contribution in [3.05, 3.63) is 24.3 Å². The van der Waals surface area contributed by atoms with E-state index in [1.54, 1.807) is 0 Å². The monoisotopic (exact) mass is 657 g/mol. The summed E-state index contributed by atoms with van der Waals surface area (Å²) in [6, 6.07) is 4.18. The zero-order chi connectivity index (χ0) is 33.9. The van der Waals surface area contributed by atoms with Crippen molar-refractivity contribution in [3.8, 4) is 17.2 Å². The third kappa shape index (κ3) is 26.0. The molecule has 0 aromatic heterocycles. The predicted molar refractivity (Wildman–Crippen MR) is 209 cm³/mol. The summed E-state index contributed by atoms with van der Waals surface area (Å²) in [7, 11) is 0. The van der Waals surface area contributed by atoms with Gasteiger partial charge in [-0.2, -0.15) is 0 Å². The molecular weight excluding hydrogens is 576 g/mol. The van der Waals surface area contributed by atoms with E-state index in [4.69, 9.17) is 14.2 Å². The van der Waals surface area contributed by atoms with Crippen LogP contribution in [-0.2, 0) is 0 Å². The molecule has 0 radical (unpaired) electrons. The third-order valence-electron chi connectivity index (χ3n) is 9.53. The molecule has 0 saturated heterocycles. The highest BCUT2D eigenvalue weighted by Crippen LogP contribution is 2.40. The van der Waals surface area contributed by atoms with Crippen LogP contribution in [0, 0.1) is 0 Å². The van der Waals surface area contributed by atoms with Gasteiger partial charge in [-0.25, -0.2) is 0 Å². The summed E-state index contributed by atoms with van der Waals surface area (Å²) in [5.74, 6) is 2.44. The second kappa shape index (κ2) is 34.2. The Balaban J connectivity index is 2.54. The van der Waals surface area contributed by atoms with Gasteiger partial charge in [0.15, 0.2) is 11.5 Å². The smallest absolute Gasteiger partial charge is 0.203 e. The summed E-state index contributed by atoms with van der Waals surface area (Å²) in [6.07, 6.45) is 41.7. The molecule has 0 bridgehead atoms. The average Bonchev–Trinajstić information content (AvgIpc) is 3.09. The fourth-order valence-corrected chi connectivity index (χ4v) is 6.38. The summed E-state index contributed by atoms with van der Waals surface area (Å²) in [6.45, 7) is 13.1. The maximum absolute atomic E-state index is 6.46. The minimum Gasteiger partial charge on any atom is -0.490 e. The topological polar surface area (TPSA) is 27.7 Å². The molecule has 1 rings (SSSR count). The van der Waals surface area contributed by atoms with Gasteiger partial charge < -0.3 is 14.2 Å². The highest BCUT2D eigenvalue weighted by Gasteiger charge is 2.15. The number of hydrogen-bond acceptors (Lipinski definition) is 3. The summed E-state index contributed by atoms with van der Waals surface area (Å²) in [5.41, 5.74) is 1.03. The van der Waals surface area contributed by atoms with Gasteiger partial charge >= 0.3 is 0 Å². The van der Waals surface area contributed by atoms with Crippen LogP contribution < -0.4 is 14.2 Å². The second-order valence-corrected chi connectivity index (χ2v) is 14.1. The summed E-state index contributed by atoms with van der Waals surface area (Å²) in [5, 5.41) is 0. The lowest BCUT2D eigenvalue weighted by Gasteiger charge is -2.18. The lowest BCUT2D eigenvalue weighted by atomic mass is 10.1. The predicted octanol–water partition coefficient (Wildman–Crippen LogP) is 15.2. The molecule has 1 aromatic rings. The summed E-state index contributed by atoms with van der Waals surface area (Å²) in [4.78, 5) is 0. The van der Waals surface area contributed by atoms with Gasteiger partial charge in [0.2, 0.25) is 5.75 Å². The first-order valence-corrected chi connectivity index (χ1v) is 21.0. The van der Waals surface area contributed by atoms with Crippen LogP contribution in [0.5, 0.6) is 17.2 Å². The highest BCUT2D eigenvalue weighted by atomic mass is 16.5. The first kappa shape index (κ1) is 43.4. The Kier molecular flexibility index (Phi) is 31.6. The summed E-state index contributed by atoms with van der Waals surface area (Å²) >= 11 is 0. The lowest BCUT2D eigenvalue weighted by molar-refractivity contribution is 0.234. The van der Waals surface area contributed by atoms with E-state index in [0.29, 0.717) is 6.61 Å². The molecule has 274 valence electrons. The van der Waals surface area contributed by atoms with Crippen LogP contribution in [0.15, 0.2) is 18.7 Å². The van der Waals surface area contributed by atoms with Crippen molar-refractivity contribution in [3.63, 3.8) is 0 Å². The van der Waals surface area contributed by atoms with Crippen molar-refractivity contribution in [1.82, 2.24) is 0 Å². The van der Waals surface area contributed by atoms with E-state index < -0.39 is 0 Å². The van der Waals surface area contributed by atoms with Gasteiger partial charge in [0.05, 0.1) is 19.8 Å². The van der Waals surface area contributed by atoms with Gasteiger partial charge in [-0.15, -0.1) is 0 Å². The van der Waals surface area contributed by atoms with E-state index in [1.165, 1.54) is 173 Å². The van der Waals surface area contributed by atoms with Gasteiger partial charge in [-0.1, -0.05) is 207 Å². The number of rotatable bonds is 37. The minimum absolute atomic E-state index is 0.715. The number of unbranched alkanes of at least 4 members (excludes halogenated alkanes) is 27. The number of benzene rings is 1. The quantitative estimate of drug-likeness (QED) is 0.0667. The van der Waals surface area contributed by atoms with Crippen LogP contribution in [0.3, 0.4) is 0 Å². The molecule has 0 heterocycles. The number of hydrogen-bond donors (Lipinski definition) is 0. The zero-order valence-electron chi connectivity index (χ0n) is 32.0. The van der Waals surface area contributed by atoms with Crippen LogP contribution in [0.25, 0.3) is 6.08 Å². The second-order valence-electron chi connectivity index (χ2n) is 14.1. The highest BCUT2D eigenvalue weighted by molar-refractivity contribution is 5.61. The molecule has 0 spiro atoms. The van der Waals surface area contributed by atoms with Crippen LogP contribution >= 0.6 is 0 Å². The molecule has 3 nitrogen and oxygen atoms in total. The fraction of sp³-hybridized carbons (Fsp3) is 0.818. The third-order valence-corrected chi connectivity index (χ3v) is 9.53. The van der Waals surface area contributed by atoms with E-state index in [9.17, 15) is 0 Å². The molecule has 0 aliphatic heterocycles. The molecule has 0 unspecified atom stereocenters. The molecule has 47 heavy (non-hydrogen) atoms. The Labute approximate surface area is 294 Å². The maximum atomic E-state index is 6.46. The molecule has 0 fully saturated rings. The molecular formula is C44H80O3. The van der Waals surface area contributed by atoms with Crippen LogP contribution in [0.4, 0.5) is 0 Å². The zero-order valence-corrected chi connectivity index (χ0v) is 32.0. The van der Waals surface area contributed by atoms with Crippen molar-refractivity contribution in [2.75, 3.05) is 19.8 Å². The standard InChI is InChI=1S/C44H80O3/c1-5-9-12-15-18-21-24-27-30-33-36-45-42-39-41(8-4)40-43(46-37-34-31-28-25-22-19-16-13-10-6-2)44(42)47-38-35-32-29-26-23-20-17-14-11-7-3/h8,39-40H,4-7,9-38H2,1-3H3.